The number of halogens is 5. The lowest BCUT2D eigenvalue weighted by Gasteiger charge is -2.13. The third-order valence-electron chi connectivity index (χ3n) is 2.51. The van der Waals surface area contributed by atoms with Gasteiger partial charge < -0.3 is 0 Å². The lowest BCUT2D eigenvalue weighted by Crippen LogP contribution is -2.34. The molecule has 1 aromatic carbocycles. The van der Waals surface area contributed by atoms with Gasteiger partial charge in [-0.3, -0.25) is 9.79 Å². The second-order valence-corrected chi connectivity index (χ2v) is 3.83. The Labute approximate surface area is 98.1 Å². The van der Waals surface area contributed by atoms with Crippen molar-refractivity contribution in [1.82, 2.24) is 0 Å². The zero-order valence-corrected chi connectivity index (χ0v) is 8.71. The summed E-state index contributed by atoms with van der Waals surface area (Å²) in [5, 5.41) is 0. The summed E-state index contributed by atoms with van der Waals surface area (Å²) < 4.78 is 63.0. The number of alkyl halides is 3. The van der Waals surface area contributed by atoms with Crippen molar-refractivity contribution in [3.8, 4) is 0 Å². The van der Waals surface area contributed by atoms with Gasteiger partial charge in [-0.15, -0.1) is 0 Å². The normalized spacial score (nSPS) is 23.7. The van der Waals surface area contributed by atoms with Crippen molar-refractivity contribution in [3.05, 3.63) is 35.4 Å². The highest BCUT2D eigenvalue weighted by molar-refractivity contribution is 6.08. The van der Waals surface area contributed by atoms with E-state index in [-0.39, 0.29) is 5.56 Å². The van der Waals surface area contributed by atoms with Crippen LogP contribution in [0, 0.1) is 11.6 Å². The molecule has 2 unspecified atom stereocenters. The lowest BCUT2D eigenvalue weighted by molar-refractivity contribution is -0.159. The first-order valence-corrected chi connectivity index (χ1v) is 4.89. The van der Waals surface area contributed by atoms with E-state index in [9.17, 15) is 26.7 Å². The van der Waals surface area contributed by atoms with Crippen molar-refractivity contribution >= 4 is 12.0 Å². The van der Waals surface area contributed by atoms with Crippen LogP contribution >= 0.6 is 0 Å². The molecule has 0 aliphatic carbocycles. The van der Waals surface area contributed by atoms with Gasteiger partial charge in [0.1, 0.15) is 11.6 Å². The molecular formula is C11H6F5NO. The van der Waals surface area contributed by atoms with Crippen LogP contribution in [-0.2, 0) is 4.79 Å². The maximum atomic E-state index is 12.9. The van der Waals surface area contributed by atoms with E-state index in [2.05, 4.69) is 4.99 Å². The Kier molecular flexibility index (Phi) is 2.92. The van der Waals surface area contributed by atoms with Gasteiger partial charge in [0.15, 0.2) is 5.78 Å². The minimum absolute atomic E-state index is 0.173. The average molecular weight is 263 g/mol. The highest BCUT2D eigenvalue weighted by Crippen LogP contribution is 2.32. The van der Waals surface area contributed by atoms with Gasteiger partial charge in [0.05, 0.1) is 5.92 Å². The number of ketones is 1. The molecule has 1 aliphatic rings. The van der Waals surface area contributed by atoms with Crippen LogP contribution in [0.3, 0.4) is 0 Å². The van der Waals surface area contributed by atoms with Crippen LogP contribution in [0.25, 0.3) is 0 Å². The zero-order valence-electron chi connectivity index (χ0n) is 8.71. The molecule has 7 heteroatoms. The standard InChI is InChI=1S/C11H6F5NO/c12-6-1-5(2-7(13)3-6)8-4-17-10(9(8)18)11(14,15)16/h1-4,8,10H. The molecule has 1 aliphatic heterocycles. The minimum Gasteiger partial charge on any atom is -0.296 e. The van der Waals surface area contributed by atoms with Gasteiger partial charge in [-0.2, -0.15) is 13.2 Å². The topological polar surface area (TPSA) is 29.4 Å². The number of nitrogens with zero attached hydrogens (tertiary/aromatic N) is 1. The van der Waals surface area contributed by atoms with Crippen LogP contribution in [0.1, 0.15) is 11.5 Å². The molecule has 0 bridgehead atoms. The maximum absolute atomic E-state index is 12.9. The molecule has 0 radical (unpaired) electrons. The molecular weight excluding hydrogens is 257 g/mol. The van der Waals surface area contributed by atoms with Gasteiger partial charge in [-0.1, -0.05) is 0 Å². The number of carbonyl (C=O) groups excluding carboxylic acids is 1. The summed E-state index contributed by atoms with van der Waals surface area (Å²) in [6, 6.07) is -0.248. The first-order chi connectivity index (χ1) is 8.29. The molecule has 18 heavy (non-hydrogen) atoms. The Bertz CT molecular complexity index is 502. The summed E-state index contributed by atoms with van der Waals surface area (Å²) in [6.07, 6.45) is -4.01. The average Bonchev–Trinajstić information content (AvgIpc) is 2.57. The molecule has 2 atom stereocenters. The predicted octanol–water partition coefficient (Wildman–Crippen LogP) is 2.63. The number of carbonyl (C=O) groups is 1. The fraction of sp³-hybridized carbons (Fsp3) is 0.273. The van der Waals surface area contributed by atoms with E-state index >= 15 is 0 Å². The highest BCUT2D eigenvalue weighted by Gasteiger charge is 2.49. The van der Waals surface area contributed by atoms with E-state index in [4.69, 9.17) is 0 Å². The van der Waals surface area contributed by atoms with E-state index in [1.807, 2.05) is 0 Å². The molecule has 0 N–H and O–H groups in total. The van der Waals surface area contributed by atoms with Crippen LogP contribution in [0.4, 0.5) is 22.0 Å². The Hall–Kier alpha value is -1.79. The number of aliphatic imine (C=N–C) groups is 1. The summed E-state index contributed by atoms with van der Waals surface area (Å²) in [5.41, 5.74) is -0.173. The number of Topliss-reactive ketones (excluding diaryl/α,β-unsaturated/α-hetero) is 1. The molecule has 0 fully saturated rings. The third-order valence-corrected chi connectivity index (χ3v) is 2.51. The fourth-order valence-electron chi connectivity index (χ4n) is 1.74. The molecule has 2 nitrogen and oxygen atoms in total. The van der Waals surface area contributed by atoms with Crippen molar-refractivity contribution in [2.75, 3.05) is 0 Å². The zero-order chi connectivity index (χ0) is 13.5. The van der Waals surface area contributed by atoms with Crippen LogP contribution in [-0.4, -0.2) is 24.2 Å². The number of hydrogen-bond acceptors (Lipinski definition) is 2. The third kappa shape index (κ3) is 2.25. The fourth-order valence-corrected chi connectivity index (χ4v) is 1.74. The number of hydrogen-bond donors (Lipinski definition) is 0. The van der Waals surface area contributed by atoms with Crippen LogP contribution in [0.2, 0.25) is 0 Å². The van der Waals surface area contributed by atoms with E-state index in [1.165, 1.54) is 0 Å². The molecule has 0 spiro atoms. The van der Waals surface area contributed by atoms with E-state index < -0.39 is 35.6 Å². The molecule has 0 aromatic heterocycles. The smallest absolute Gasteiger partial charge is 0.296 e. The van der Waals surface area contributed by atoms with Crippen LogP contribution < -0.4 is 0 Å². The monoisotopic (exact) mass is 263 g/mol. The van der Waals surface area contributed by atoms with E-state index in [0.29, 0.717) is 6.07 Å². The summed E-state index contributed by atoms with van der Waals surface area (Å²) in [4.78, 5) is 14.5. The second kappa shape index (κ2) is 4.15. The first kappa shape index (κ1) is 12.7. The Balaban J connectivity index is 2.32. The second-order valence-electron chi connectivity index (χ2n) is 3.83. The Morgan fingerprint density at radius 1 is 1.06 bits per heavy atom. The van der Waals surface area contributed by atoms with Gasteiger partial charge in [-0.25, -0.2) is 8.78 Å². The highest BCUT2D eigenvalue weighted by atomic mass is 19.4. The molecule has 0 saturated carbocycles. The summed E-state index contributed by atoms with van der Waals surface area (Å²) >= 11 is 0. The quantitative estimate of drug-likeness (QED) is 0.716. The molecule has 1 heterocycles. The van der Waals surface area contributed by atoms with Crippen molar-refractivity contribution in [1.29, 1.82) is 0 Å². The largest absolute Gasteiger partial charge is 0.417 e. The van der Waals surface area contributed by atoms with Gasteiger partial charge in [0.2, 0.25) is 6.04 Å². The molecule has 0 saturated heterocycles. The van der Waals surface area contributed by atoms with Crippen LogP contribution in [0.5, 0.6) is 0 Å². The lowest BCUT2D eigenvalue weighted by atomic mass is 9.94. The van der Waals surface area contributed by atoms with E-state index in [0.717, 1.165) is 18.3 Å². The van der Waals surface area contributed by atoms with Crippen molar-refractivity contribution in [2.45, 2.75) is 18.1 Å². The molecule has 2 rings (SSSR count). The first-order valence-electron chi connectivity index (χ1n) is 4.89. The summed E-state index contributed by atoms with van der Waals surface area (Å²) in [5.74, 6) is -4.50. The SMILES string of the molecule is O=C1C(c2cc(F)cc(F)c2)C=NC1C(F)(F)F. The van der Waals surface area contributed by atoms with Crippen molar-refractivity contribution in [3.63, 3.8) is 0 Å². The van der Waals surface area contributed by atoms with Gasteiger partial charge in [0, 0.05) is 12.3 Å². The van der Waals surface area contributed by atoms with E-state index in [1.54, 1.807) is 0 Å². The molecule has 96 valence electrons. The Morgan fingerprint density at radius 3 is 2.06 bits per heavy atom. The van der Waals surface area contributed by atoms with Gasteiger partial charge in [0.25, 0.3) is 0 Å². The number of benzene rings is 1. The summed E-state index contributed by atoms with van der Waals surface area (Å²) in [7, 11) is 0. The maximum Gasteiger partial charge on any atom is 0.417 e. The van der Waals surface area contributed by atoms with Gasteiger partial charge >= 0.3 is 6.18 Å². The van der Waals surface area contributed by atoms with Crippen molar-refractivity contribution in [2.24, 2.45) is 4.99 Å². The Morgan fingerprint density at radius 2 is 1.61 bits per heavy atom. The van der Waals surface area contributed by atoms with Crippen molar-refractivity contribution < 1.29 is 26.7 Å². The van der Waals surface area contributed by atoms with Crippen LogP contribution in [0.15, 0.2) is 23.2 Å². The number of rotatable bonds is 1. The summed E-state index contributed by atoms with van der Waals surface area (Å²) in [6.45, 7) is 0. The predicted molar refractivity (Wildman–Crippen MR) is 52.4 cm³/mol. The molecule has 0 amide bonds. The minimum atomic E-state index is -4.78. The molecule has 1 aromatic rings. The van der Waals surface area contributed by atoms with Gasteiger partial charge in [-0.05, 0) is 17.7 Å².